The third kappa shape index (κ3) is 11.8. The van der Waals surface area contributed by atoms with Crippen LogP contribution in [0.5, 0.6) is 17.2 Å². The molecule has 3 aromatic rings. The summed E-state index contributed by atoms with van der Waals surface area (Å²) in [5.74, 6) is 2.64. The van der Waals surface area contributed by atoms with Crippen LogP contribution in [0.25, 0.3) is 0 Å². The van der Waals surface area contributed by atoms with E-state index in [9.17, 15) is 0 Å². The zero-order chi connectivity index (χ0) is 32.8. The van der Waals surface area contributed by atoms with Crippen LogP contribution in [-0.2, 0) is 16.2 Å². The molecule has 0 bridgehead atoms. The first-order valence-corrected chi connectivity index (χ1v) is 17.7. The molecule has 9 heteroatoms. The van der Waals surface area contributed by atoms with Crippen molar-refractivity contribution in [3.63, 3.8) is 0 Å². The van der Waals surface area contributed by atoms with Crippen molar-refractivity contribution in [2.75, 3.05) is 21.3 Å². The predicted octanol–water partition coefficient (Wildman–Crippen LogP) is 13.0. The molecule has 0 saturated carbocycles. The minimum Gasteiger partial charge on any atom is -0.495 e. The van der Waals surface area contributed by atoms with Gasteiger partial charge in [-0.05, 0) is 114 Å². The van der Waals surface area contributed by atoms with E-state index >= 15 is 0 Å². The third-order valence-corrected chi connectivity index (χ3v) is 9.03. The Labute approximate surface area is 307 Å². The molecule has 0 fully saturated rings. The van der Waals surface area contributed by atoms with Crippen molar-refractivity contribution in [3.05, 3.63) is 79.2 Å². The third-order valence-electron chi connectivity index (χ3n) is 6.06. The first-order chi connectivity index (χ1) is 19.1. The van der Waals surface area contributed by atoms with Crippen molar-refractivity contribution in [1.82, 2.24) is 0 Å². The molecule has 0 saturated heterocycles. The van der Waals surface area contributed by atoms with E-state index in [1.165, 1.54) is 18.3 Å². The highest BCUT2D eigenvalue weighted by Gasteiger charge is 2.23. The summed E-state index contributed by atoms with van der Waals surface area (Å²) in [5, 5.41) is 1.20. The highest BCUT2D eigenvalue weighted by atomic mass is 127. The second kappa shape index (κ2) is 16.6. The molecule has 234 valence electrons. The minimum absolute atomic E-state index is 0.0279. The van der Waals surface area contributed by atoms with Gasteiger partial charge in [-0.1, -0.05) is 101 Å². The molecule has 0 unspecified atom stereocenters. The molecule has 3 aromatic carbocycles. The minimum atomic E-state index is -0.0279. The molecule has 0 aromatic heterocycles. The van der Waals surface area contributed by atoms with Gasteiger partial charge in [0.05, 0.1) is 34.4 Å². The van der Waals surface area contributed by atoms with Gasteiger partial charge in [-0.25, -0.2) is 0 Å². The molecule has 0 aliphatic heterocycles. The number of benzene rings is 3. The van der Waals surface area contributed by atoms with Crippen molar-refractivity contribution < 1.29 is 14.2 Å². The maximum absolute atomic E-state index is 6.03. The predicted molar refractivity (Wildman–Crippen MR) is 206 cm³/mol. The van der Waals surface area contributed by atoms with Crippen LogP contribution in [0.4, 0.5) is 0 Å². The molecular formula is C33H42Br2Cl2I2O3. The SMILES string of the molecule is COc1c(Br)cc(Br)cc1C(C)(C)C.COc1c(Cl)cc(Cl)cc1C(C)(C)C.COc1c(I)cc(I)cc1C(C)(C)C. The molecular weight excluding hydrogens is 929 g/mol. The fourth-order valence-corrected chi connectivity index (χ4v) is 8.00. The lowest BCUT2D eigenvalue weighted by molar-refractivity contribution is 0.394. The number of halogens is 6. The molecule has 42 heavy (non-hydrogen) atoms. The number of hydrogen-bond donors (Lipinski definition) is 0. The van der Waals surface area contributed by atoms with E-state index in [1.54, 1.807) is 27.4 Å². The van der Waals surface area contributed by atoms with Crippen LogP contribution < -0.4 is 14.2 Å². The van der Waals surface area contributed by atoms with Gasteiger partial charge < -0.3 is 14.2 Å². The summed E-state index contributed by atoms with van der Waals surface area (Å²) in [6, 6.07) is 12.0. The smallest absolute Gasteiger partial charge is 0.141 e. The molecule has 3 rings (SSSR count). The zero-order valence-electron chi connectivity index (χ0n) is 26.5. The molecule has 0 spiro atoms. The van der Waals surface area contributed by atoms with Gasteiger partial charge >= 0.3 is 0 Å². The van der Waals surface area contributed by atoms with Crippen LogP contribution in [0.15, 0.2) is 45.3 Å². The Morgan fingerprint density at radius 2 is 1.00 bits per heavy atom. The van der Waals surface area contributed by atoms with Gasteiger partial charge in [-0.2, -0.15) is 0 Å². The second-order valence-electron chi connectivity index (χ2n) is 12.7. The first-order valence-electron chi connectivity index (χ1n) is 13.2. The molecule has 0 amide bonds. The largest absolute Gasteiger partial charge is 0.495 e. The maximum atomic E-state index is 6.03. The molecule has 0 aliphatic carbocycles. The van der Waals surface area contributed by atoms with Crippen molar-refractivity contribution in [1.29, 1.82) is 0 Å². The van der Waals surface area contributed by atoms with Gasteiger partial charge in [0.1, 0.15) is 17.2 Å². The van der Waals surface area contributed by atoms with Gasteiger partial charge in [0.15, 0.2) is 0 Å². The Morgan fingerprint density at radius 1 is 0.571 bits per heavy atom. The lowest BCUT2D eigenvalue weighted by Crippen LogP contribution is -2.13. The maximum Gasteiger partial charge on any atom is 0.141 e. The molecule has 3 nitrogen and oxygen atoms in total. The standard InChI is InChI=1S/C11H14Br2O.C11H14Cl2O.C11H14I2O/c3*1-11(2,3)8-5-7(12)6-9(13)10(8)14-4/h3*5-6H,1-4H3. The highest BCUT2D eigenvalue weighted by Crippen LogP contribution is 2.40. The summed E-state index contributed by atoms with van der Waals surface area (Å²) in [6.45, 7) is 19.4. The topological polar surface area (TPSA) is 27.7 Å². The summed E-state index contributed by atoms with van der Waals surface area (Å²) in [7, 11) is 5.05. The number of hydrogen-bond acceptors (Lipinski definition) is 3. The van der Waals surface area contributed by atoms with Crippen LogP contribution in [0.3, 0.4) is 0 Å². The normalized spacial score (nSPS) is 11.6. The number of ether oxygens (including phenoxy) is 3. The highest BCUT2D eigenvalue weighted by molar-refractivity contribution is 14.1. The van der Waals surface area contributed by atoms with Gasteiger partial charge in [-0.3, -0.25) is 0 Å². The van der Waals surface area contributed by atoms with Crippen molar-refractivity contribution in [2.24, 2.45) is 0 Å². The van der Waals surface area contributed by atoms with E-state index < -0.39 is 0 Å². The van der Waals surface area contributed by atoms with E-state index in [1.807, 2.05) is 12.1 Å². The molecule has 0 radical (unpaired) electrons. The summed E-state index contributed by atoms with van der Waals surface area (Å²) in [5.41, 5.74) is 3.68. The fourth-order valence-electron chi connectivity index (χ4n) is 3.97. The van der Waals surface area contributed by atoms with Crippen molar-refractivity contribution in [3.8, 4) is 17.2 Å². The van der Waals surface area contributed by atoms with E-state index in [4.69, 9.17) is 37.4 Å². The molecule has 0 atom stereocenters. The van der Waals surface area contributed by atoms with Crippen LogP contribution >= 0.6 is 100 Å². The number of rotatable bonds is 3. The Bertz CT molecular complexity index is 1190. The van der Waals surface area contributed by atoms with Gasteiger partial charge in [0.2, 0.25) is 0 Å². The Balaban J connectivity index is 0.000000315. The van der Waals surface area contributed by atoms with Gasteiger partial charge in [-0.15, -0.1) is 0 Å². The lowest BCUT2D eigenvalue weighted by Gasteiger charge is -2.23. The quantitative estimate of drug-likeness (QED) is 0.245. The lowest BCUT2D eigenvalue weighted by atomic mass is 9.86. The summed E-state index contributed by atoms with van der Waals surface area (Å²) < 4.78 is 20.6. The second-order valence-corrected chi connectivity index (χ2v) is 17.7. The van der Waals surface area contributed by atoms with Gasteiger partial charge in [0, 0.05) is 29.8 Å². The monoisotopic (exact) mass is 968 g/mol. The fraction of sp³-hybridized carbons (Fsp3) is 0.455. The number of methoxy groups -OCH3 is 3. The molecule has 0 heterocycles. The summed E-state index contributed by atoms with van der Waals surface area (Å²) in [6.07, 6.45) is 0. The average molecular weight is 971 g/mol. The van der Waals surface area contributed by atoms with Crippen molar-refractivity contribution >= 4 is 100 Å². The van der Waals surface area contributed by atoms with E-state index in [2.05, 4.69) is 158 Å². The van der Waals surface area contributed by atoms with Crippen molar-refractivity contribution in [2.45, 2.75) is 78.6 Å². The summed E-state index contributed by atoms with van der Waals surface area (Å²) >= 11 is 23.6. The van der Waals surface area contributed by atoms with Crippen LogP contribution in [0.2, 0.25) is 10.0 Å². The van der Waals surface area contributed by atoms with Crippen LogP contribution in [0, 0.1) is 7.14 Å². The Hall–Kier alpha value is 0.0600. The van der Waals surface area contributed by atoms with Crippen LogP contribution in [0.1, 0.15) is 79.0 Å². The van der Waals surface area contributed by atoms with Gasteiger partial charge in [0.25, 0.3) is 0 Å². The Morgan fingerprint density at radius 3 is 1.43 bits per heavy atom. The molecule has 0 N–H and O–H groups in total. The van der Waals surface area contributed by atoms with E-state index in [0.717, 1.165) is 26.0 Å². The molecule has 0 aliphatic rings. The van der Waals surface area contributed by atoms with E-state index in [0.29, 0.717) is 15.8 Å². The van der Waals surface area contributed by atoms with E-state index in [-0.39, 0.29) is 16.2 Å². The van der Waals surface area contributed by atoms with Crippen LogP contribution in [-0.4, -0.2) is 21.3 Å². The first kappa shape index (κ1) is 40.1. The Kier molecular flexibility index (Phi) is 15.8. The summed E-state index contributed by atoms with van der Waals surface area (Å²) in [4.78, 5) is 0. The zero-order valence-corrected chi connectivity index (χ0v) is 35.5. The average Bonchev–Trinajstić information content (AvgIpc) is 2.82.